The lowest BCUT2D eigenvalue weighted by Gasteiger charge is -2.22. The summed E-state index contributed by atoms with van der Waals surface area (Å²) in [4.78, 5) is 25.6. The molecule has 0 saturated carbocycles. The molecule has 0 heterocycles. The lowest BCUT2D eigenvalue weighted by Crippen LogP contribution is -2.36. The van der Waals surface area contributed by atoms with Gasteiger partial charge in [-0.1, -0.05) is 45.1 Å². The molecule has 4 nitrogen and oxygen atoms in total. The van der Waals surface area contributed by atoms with Crippen LogP contribution in [0.15, 0.2) is 36.0 Å². The topological polar surface area (TPSA) is 46.6 Å². The maximum Gasteiger partial charge on any atom is 0.326 e. The van der Waals surface area contributed by atoms with Crippen molar-refractivity contribution in [3.05, 3.63) is 36.0 Å². The normalized spacial score (nSPS) is 13.0. The quantitative estimate of drug-likeness (QED) is 0.406. The minimum absolute atomic E-state index is 0.0875. The Morgan fingerprint density at radius 2 is 1.78 bits per heavy atom. The number of rotatable bonds is 7. The molecule has 0 aliphatic heterocycles. The molecular weight excluding hydrogens is 290 g/mol. The van der Waals surface area contributed by atoms with Crippen LogP contribution in [0, 0.1) is 5.92 Å². The van der Waals surface area contributed by atoms with E-state index >= 15 is 0 Å². The Hall–Kier alpha value is -1.84. The van der Waals surface area contributed by atoms with Crippen molar-refractivity contribution >= 4 is 11.9 Å². The molecule has 4 heteroatoms. The van der Waals surface area contributed by atoms with E-state index in [2.05, 4.69) is 27.4 Å². The highest BCUT2D eigenvalue weighted by molar-refractivity contribution is 5.97. The first-order valence-electron chi connectivity index (χ1n) is 8.02. The minimum Gasteiger partial charge on any atom is -0.459 e. The van der Waals surface area contributed by atoms with Crippen molar-refractivity contribution in [3.63, 3.8) is 0 Å². The second-order valence-corrected chi connectivity index (χ2v) is 6.82. The molecule has 0 fully saturated rings. The molecule has 130 valence electrons. The van der Waals surface area contributed by atoms with Gasteiger partial charge in [0.15, 0.2) is 0 Å². The first-order valence-corrected chi connectivity index (χ1v) is 8.02. The van der Waals surface area contributed by atoms with E-state index < -0.39 is 11.6 Å². The fourth-order valence-corrected chi connectivity index (χ4v) is 2.00. The van der Waals surface area contributed by atoms with Crippen LogP contribution in [0.25, 0.3) is 0 Å². The molecule has 1 amide bonds. The lowest BCUT2D eigenvalue weighted by molar-refractivity contribution is -0.157. The van der Waals surface area contributed by atoms with Crippen LogP contribution < -0.4 is 0 Å². The second-order valence-electron chi connectivity index (χ2n) is 6.82. The SMILES string of the molecule is C=C/C(=C\C=C(/CC)C(C)C)C(=O)N(C)CC(=O)OC(C)(C)C. The van der Waals surface area contributed by atoms with Gasteiger partial charge in [-0.3, -0.25) is 9.59 Å². The zero-order valence-electron chi connectivity index (χ0n) is 15.6. The summed E-state index contributed by atoms with van der Waals surface area (Å²) in [6.45, 7) is 15.3. The summed E-state index contributed by atoms with van der Waals surface area (Å²) >= 11 is 0. The number of carbonyl (C=O) groups excluding carboxylic acids is 2. The third kappa shape index (κ3) is 8.38. The van der Waals surface area contributed by atoms with Crippen molar-refractivity contribution in [2.75, 3.05) is 13.6 Å². The average molecular weight is 321 g/mol. The zero-order chi connectivity index (χ0) is 18.2. The predicted molar refractivity (Wildman–Crippen MR) is 95.0 cm³/mol. The molecule has 0 unspecified atom stereocenters. The monoisotopic (exact) mass is 321 g/mol. The van der Waals surface area contributed by atoms with Crippen molar-refractivity contribution in [3.8, 4) is 0 Å². The van der Waals surface area contributed by atoms with E-state index in [1.165, 1.54) is 16.5 Å². The number of allylic oxidation sites excluding steroid dienone is 3. The van der Waals surface area contributed by atoms with Crippen LogP contribution >= 0.6 is 0 Å². The number of amides is 1. The van der Waals surface area contributed by atoms with Gasteiger partial charge in [0, 0.05) is 12.6 Å². The van der Waals surface area contributed by atoms with Gasteiger partial charge in [-0.2, -0.15) is 0 Å². The summed E-state index contributed by atoms with van der Waals surface area (Å²) in [6.07, 6.45) is 6.17. The van der Waals surface area contributed by atoms with E-state index in [0.29, 0.717) is 11.5 Å². The van der Waals surface area contributed by atoms with Gasteiger partial charge < -0.3 is 9.64 Å². The van der Waals surface area contributed by atoms with Crippen LogP contribution in [0.3, 0.4) is 0 Å². The van der Waals surface area contributed by atoms with Crippen LogP contribution in [-0.2, 0) is 14.3 Å². The molecule has 0 aliphatic rings. The molecule has 23 heavy (non-hydrogen) atoms. The van der Waals surface area contributed by atoms with Crippen molar-refractivity contribution < 1.29 is 14.3 Å². The number of hydrogen-bond acceptors (Lipinski definition) is 3. The fraction of sp³-hybridized carbons (Fsp3) is 0.579. The Morgan fingerprint density at radius 1 is 1.22 bits per heavy atom. The standard InChI is InChI=1S/C19H31NO3/c1-9-15(14(3)4)11-12-16(10-2)18(22)20(8)13-17(21)23-19(5,6)7/h10-12,14H,2,9,13H2,1,3-8H3/b15-11+,16-12+. The summed E-state index contributed by atoms with van der Waals surface area (Å²) in [5, 5.41) is 0. The Labute approximate surface area is 140 Å². The number of carbonyl (C=O) groups is 2. The van der Waals surface area contributed by atoms with Gasteiger partial charge in [-0.05, 0) is 39.2 Å². The molecule has 0 saturated heterocycles. The van der Waals surface area contributed by atoms with Gasteiger partial charge in [-0.25, -0.2) is 0 Å². The van der Waals surface area contributed by atoms with Gasteiger partial charge in [0.05, 0.1) is 0 Å². The Balaban J connectivity index is 5.02. The number of hydrogen-bond donors (Lipinski definition) is 0. The van der Waals surface area contributed by atoms with Crippen molar-refractivity contribution in [1.82, 2.24) is 4.90 Å². The third-order valence-electron chi connectivity index (χ3n) is 3.23. The maximum absolute atomic E-state index is 12.4. The molecule has 0 rings (SSSR count). The molecular formula is C19H31NO3. The Bertz CT molecular complexity index is 493. The summed E-state index contributed by atoms with van der Waals surface area (Å²) in [5.74, 6) is -0.248. The van der Waals surface area contributed by atoms with Gasteiger partial charge in [0.25, 0.3) is 5.91 Å². The smallest absolute Gasteiger partial charge is 0.326 e. The number of ether oxygens (including phenoxy) is 1. The second kappa shape index (κ2) is 9.33. The number of esters is 1. The zero-order valence-corrected chi connectivity index (χ0v) is 15.6. The maximum atomic E-state index is 12.4. The highest BCUT2D eigenvalue weighted by Gasteiger charge is 2.20. The molecule has 0 bridgehead atoms. The molecule has 0 aromatic rings. The van der Waals surface area contributed by atoms with Gasteiger partial charge in [-0.15, -0.1) is 0 Å². The molecule has 0 N–H and O–H groups in total. The van der Waals surface area contributed by atoms with Crippen molar-refractivity contribution in [2.45, 2.75) is 53.6 Å². The van der Waals surface area contributed by atoms with Crippen molar-refractivity contribution in [1.29, 1.82) is 0 Å². The number of nitrogens with zero attached hydrogens (tertiary/aromatic N) is 1. The summed E-state index contributed by atoms with van der Waals surface area (Å²) in [5.41, 5.74) is 1.16. The van der Waals surface area contributed by atoms with E-state index in [4.69, 9.17) is 4.74 Å². The van der Waals surface area contributed by atoms with Crippen LogP contribution in [-0.4, -0.2) is 36.0 Å². The Kier molecular flexibility index (Phi) is 8.59. The largest absolute Gasteiger partial charge is 0.459 e. The first kappa shape index (κ1) is 21.2. The number of likely N-dealkylation sites (N-methyl/N-ethyl adjacent to an activating group) is 1. The molecule has 0 spiro atoms. The van der Waals surface area contributed by atoms with Crippen molar-refractivity contribution in [2.24, 2.45) is 5.92 Å². The molecule has 0 aromatic heterocycles. The molecule has 0 aliphatic carbocycles. The van der Waals surface area contributed by atoms with Crippen LogP contribution in [0.1, 0.15) is 48.0 Å². The highest BCUT2D eigenvalue weighted by atomic mass is 16.6. The van der Waals surface area contributed by atoms with Crippen LogP contribution in [0.5, 0.6) is 0 Å². The third-order valence-corrected chi connectivity index (χ3v) is 3.23. The Morgan fingerprint density at radius 3 is 2.17 bits per heavy atom. The van der Waals surface area contributed by atoms with Gasteiger partial charge in [0.2, 0.25) is 0 Å². The van der Waals surface area contributed by atoms with Gasteiger partial charge >= 0.3 is 5.97 Å². The lowest BCUT2D eigenvalue weighted by atomic mass is 10.00. The molecule has 0 aromatic carbocycles. The van der Waals surface area contributed by atoms with E-state index in [1.807, 2.05) is 6.08 Å². The van der Waals surface area contributed by atoms with Gasteiger partial charge in [0.1, 0.15) is 12.1 Å². The fourth-order valence-electron chi connectivity index (χ4n) is 2.00. The minimum atomic E-state index is -0.561. The van der Waals surface area contributed by atoms with E-state index in [1.54, 1.807) is 33.9 Å². The van der Waals surface area contributed by atoms with E-state index in [-0.39, 0.29) is 12.5 Å². The van der Waals surface area contributed by atoms with Crippen LogP contribution in [0.2, 0.25) is 0 Å². The summed E-state index contributed by atoms with van der Waals surface area (Å²) < 4.78 is 5.23. The molecule has 0 atom stereocenters. The van der Waals surface area contributed by atoms with E-state index in [9.17, 15) is 9.59 Å². The summed E-state index contributed by atoms with van der Waals surface area (Å²) in [7, 11) is 1.58. The molecule has 0 radical (unpaired) electrons. The highest BCUT2D eigenvalue weighted by Crippen LogP contribution is 2.14. The summed E-state index contributed by atoms with van der Waals surface area (Å²) in [6, 6.07) is 0. The predicted octanol–water partition coefficient (Wildman–Crippen LogP) is 3.89. The van der Waals surface area contributed by atoms with E-state index in [0.717, 1.165) is 6.42 Å². The average Bonchev–Trinajstić information content (AvgIpc) is 2.40. The first-order chi connectivity index (χ1) is 10.5. The van der Waals surface area contributed by atoms with Crippen LogP contribution in [0.4, 0.5) is 0 Å².